The quantitative estimate of drug-likeness (QED) is 0.0366. The van der Waals surface area contributed by atoms with Crippen LogP contribution in [0.2, 0.25) is 0 Å². The molecule has 0 saturated heterocycles. The molecule has 0 fully saturated rings. The normalized spacial score (nSPS) is 11.5. The highest BCUT2D eigenvalue weighted by molar-refractivity contribution is 5.69. The molecule has 8 nitrogen and oxygen atoms in total. The van der Waals surface area contributed by atoms with Gasteiger partial charge in [-0.1, -0.05) is 258 Å². The Bertz CT molecular complexity index is 1030. The predicted octanol–water partition coefficient (Wildman–Crippen LogP) is 18.7. The third-order valence-corrected chi connectivity index (χ3v) is 14.6. The van der Waals surface area contributed by atoms with Gasteiger partial charge < -0.3 is 24.4 Å². The highest BCUT2D eigenvalue weighted by atomic mass is 16.5. The molecule has 0 atom stereocenters. The summed E-state index contributed by atoms with van der Waals surface area (Å²) in [5.41, 5.74) is 0. The lowest BCUT2D eigenvalue weighted by Crippen LogP contribution is -2.28. The Balaban J connectivity index is 4.14. The van der Waals surface area contributed by atoms with E-state index in [1.807, 2.05) is 0 Å². The number of rotatable bonds is 61. The van der Waals surface area contributed by atoms with Crippen LogP contribution in [0.25, 0.3) is 0 Å². The zero-order valence-electron chi connectivity index (χ0n) is 48.2. The second-order valence-corrected chi connectivity index (χ2v) is 21.7. The van der Waals surface area contributed by atoms with Crippen LogP contribution >= 0.6 is 0 Å². The Kier molecular flexibility index (Phi) is 59.4. The highest BCUT2D eigenvalue weighted by Crippen LogP contribution is 2.16. The van der Waals surface area contributed by atoms with E-state index in [4.69, 9.17) is 14.2 Å². The Morgan fingerprint density at radius 2 is 0.493 bits per heavy atom. The molecule has 0 radical (unpaired) electrons. The average molecular weight is 1010 g/mol. The molecular formula is C63H124N2O6. The molecule has 0 unspecified atom stereocenters. The number of nitrogens with one attached hydrogen (secondary N) is 1. The van der Waals surface area contributed by atoms with Gasteiger partial charge in [0.05, 0.1) is 19.8 Å². The second kappa shape index (κ2) is 60.9. The fraction of sp³-hybridized carbons (Fsp3) is 0.952. The molecule has 0 aliphatic rings. The molecule has 0 rings (SSSR count). The summed E-state index contributed by atoms with van der Waals surface area (Å²) < 4.78 is 16.7. The van der Waals surface area contributed by atoms with Crippen molar-refractivity contribution in [1.29, 1.82) is 0 Å². The third kappa shape index (κ3) is 59.1. The van der Waals surface area contributed by atoms with Crippen molar-refractivity contribution in [2.45, 2.75) is 335 Å². The molecule has 71 heavy (non-hydrogen) atoms. The number of hydrogen-bond donors (Lipinski definition) is 1. The number of ether oxygens (including phenoxy) is 3. The molecule has 1 N–H and O–H groups in total. The summed E-state index contributed by atoms with van der Waals surface area (Å²) in [5, 5.41) is 3.62. The number of nitrogens with zero attached hydrogens (tertiary/aromatic N) is 1. The van der Waals surface area contributed by atoms with Gasteiger partial charge in [-0.25, -0.2) is 0 Å². The maximum atomic E-state index is 12.6. The van der Waals surface area contributed by atoms with Crippen molar-refractivity contribution in [1.82, 2.24) is 10.2 Å². The van der Waals surface area contributed by atoms with Crippen LogP contribution in [0.1, 0.15) is 335 Å². The average Bonchev–Trinajstić information content (AvgIpc) is 3.37. The van der Waals surface area contributed by atoms with Gasteiger partial charge in [0.15, 0.2) is 0 Å². The highest BCUT2D eigenvalue weighted by Gasteiger charge is 2.11. The Morgan fingerprint density at radius 1 is 0.268 bits per heavy atom. The molecule has 0 heterocycles. The number of carbonyl (C=O) groups is 3. The molecule has 0 amide bonds. The summed E-state index contributed by atoms with van der Waals surface area (Å²) in [5.74, 6) is -0.164. The first-order valence-electron chi connectivity index (χ1n) is 31.9. The standard InChI is InChI=1S/C63H124N2O6/c1-4-7-10-13-16-19-22-25-28-31-32-37-45-58-69-61(66)50-41-35-36-42-53-64-54-43-40-44-55-65(56-48-51-62(67)70-59-46-38-33-29-26-23-20-17-14-11-8-5-2)57-49-52-63(68)71-60-47-39-34-30-27-24-21-18-15-12-9-6-3/h64H,4-60H2,1-3H3. The first kappa shape index (κ1) is 69.3. The van der Waals surface area contributed by atoms with Crippen LogP contribution in [0.5, 0.6) is 0 Å². The maximum absolute atomic E-state index is 12.6. The Labute approximate surface area is 443 Å². The fourth-order valence-electron chi connectivity index (χ4n) is 9.77. The van der Waals surface area contributed by atoms with Crippen LogP contribution < -0.4 is 5.32 Å². The summed E-state index contributed by atoms with van der Waals surface area (Å²) in [7, 11) is 0. The van der Waals surface area contributed by atoms with E-state index in [9.17, 15) is 14.4 Å². The van der Waals surface area contributed by atoms with E-state index < -0.39 is 0 Å². The van der Waals surface area contributed by atoms with Gasteiger partial charge in [-0.2, -0.15) is 0 Å². The third-order valence-electron chi connectivity index (χ3n) is 14.6. The molecular weight excluding hydrogens is 881 g/mol. The van der Waals surface area contributed by atoms with Gasteiger partial charge in [0.2, 0.25) is 0 Å². The lowest BCUT2D eigenvalue weighted by Gasteiger charge is -2.22. The zero-order chi connectivity index (χ0) is 51.4. The summed E-state index contributed by atoms with van der Waals surface area (Å²) in [4.78, 5) is 39.7. The summed E-state index contributed by atoms with van der Waals surface area (Å²) >= 11 is 0. The van der Waals surface area contributed by atoms with Crippen molar-refractivity contribution in [2.24, 2.45) is 0 Å². The van der Waals surface area contributed by atoms with Gasteiger partial charge in [-0.3, -0.25) is 14.4 Å². The number of unbranched alkanes of at least 4 members (excludes halogenated alkanes) is 39. The zero-order valence-corrected chi connectivity index (χ0v) is 48.2. The van der Waals surface area contributed by atoms with Gasteiger partial charge in [0, 0.05) is 19.3 Å². The van der Waals surface area contributed by atoms with Crippen LogP contribution in [-0.2, 0) is 28.6 Å². The molecule has 0 aromatic carbocycles. The van der Waals surface area contributed by atoms with E-state index in [0.29, 0.717) is 39.1 Å². The Morgan fingerprint density at radius 3 is 0.803 bits per heavy atom. The first-order valence-corrected chi connectivity index (χ1v) is 31.9. The summed E-state index contributed by atoms with van der Waals surface area (Å²) in [6.45, 7) is 13.3. The monoisotopic (exact) mass is 1000 g/mol. The Hall–Kier alpha value is -1.67. The number of esters is 3. The van der Waals surface area contributed by atoms with Crippen LogP contribution in [0.15, 0.2) is 0 Å². The van der Waals surface area contributed by atoms with E-state index in [1.165, 1.54) is 205 Å². The van der Waals surface area contributed by atoms with Crippen LogP contribution in [0.4, 0.5) is 0 Å². The van der Waals surface area contributed by atoms with Gasteiger partial charge in [-0.05, 0) is 90.5 Å². The smallest absolute Gasteiger partial charge is 0.305 e. The van der Waals surface area contributed by atoms with Crippen LogP contribution in [0.3, 0.4) is 0 Å². The molecule has 0 aliphatic heterocycles. The van der Waals surface area contributed by atoms with Gasteiger partial charge >= 0.3 is 17.9 Å². The molecule has 422 valence electrons. The van der Waals surface area contributed by atoms with E-state index >= 15 is 0 Å². The van der Waals surface area contributed by atoms with Crippen molar-refractivity contribution in [2.75, 3.05) is 52.5 Å². The minimum atomic E-state index is -0.0709. The summed E-state index contributed by atoms with van der Waals surface area (Å²) in [6, 6.07) is 0. The first-order chi connectivity index (χ1) is 35.0. The lowest BCUT2D eigenvalue weighted by atomic mass is 10.0. The lowest BCUT2D eigenvalue weighted by molar-refractivity contribution is -0.144. The van der Waals surface area contributed by atoms with Crippen LogP contribution in [-0.4, -0.2) is 75.4 Å². The van der Waals surface area contributed by atoms with E-state index in [2.05, 4.69) is 31.0 Å². The molecule has 0 aromatic rings. The van der Waals surface area contributed by atoms with Crippen molar-refractivity contribution in [3.63, 3.8) is 0 Å². The molecule has 0 bridgehead atoms. The SMILES string of the molecule is CCCCCCCCCCCCCCCOC(=O)CCCCCCNCCCCCN(CCCC(=O)OCCCCCCCCCCCCCC)CCCC(=O)OCCCCCCCCCCCCCC. The molecule has 0 aromatic heterocycles. The van der Waals surface area contributed by atoms with Crippen molar-refractivity contribution >= 4 is 17.9 Å². The van der Waals surface area contributed by atoms with Gasteiger partial charge in [0.1, 0.15) is 0 Å². The second-order valence-electron chi connectivity index (χ2n) is 21.7. The van der Waals surface area contributed by atoms with E-state index in [0.717, 1.165) is 123 Å². The number of hydrogen-bond acceptors (Lipinski definition) is 8. The minimum Gasteiger partial charge on any atom is -0.466 e. The molecule has 0 saturated carbocycles. The van der Waals surface area contributed by atoms with Gasteiger partial charge in [-0.15, -0.1) is 0 Å². The molecule has 0 spiro atoms. The molecule has 0 aliphatic carbocycles. The minimum absolute atomic E-state index is 0.0222. The van der Waals surface area contributed by atoms with Crippen molar-refractivity contribution in [3.05, 3.63) is 0 Å². The fourth-order valence-corrected chi connectivity index (χ4v) is 9.77. The largest absolute Gasteiger partial charge is 0.466 e. The van der Waals surface area contributed by atoms with Gasteiger partial charge in [0.25, 0.3) is 0 Å². The van der Waals surface area contributed by atoms with Crippen molar-refractivity contribution in [3.8, 4) is 0 Å². The van der Waals surface area contributed by atoms with E-state index in [1.54, 1.807) is 0 Å². The maximum Gasteiger partial charge on any atom is 0.305 e. The number of carbonyl (C=O) groups excluding carboxylic acids is 3. The summed E-state index contributed by atoms with van der Waals surface area (Å²) in [6.07, 6.45) is 59.3. The van der Waals surface area contributed by atoms with E-state index in [-0.39, 0.29) is 17.9 Å². The predicted molar refractivity (Wildman–Crippen MR) is 305 cm³/mol. The van der Waals surface area contributed by atoms with Crippen molar-refractivity contribution < 1.29 is 28.6 Å². The topological polar surface area (TPSA) is 94.2 Å². The van der Waals surface area contributed by atoms with Crippen LogP contribution in [0, 0.1) is 0 Å². The molecule has 8 heteroatoms.